The van der Waals surface area contributed by atoms with Crippen molar-refractivity contribution in [2.75, 3.05) is 19.8 Å². The third kappa shape index (κ3) is 4.06. The molecule has 0 aromatic heterocycles. The van der Waals surface area contributed by atoms with E-state index in [0.717, 1.165) is 24.0 Å². The van der Waals surface area contributed by atoms with Crippen molar-refractivity contribution >= 4 is 5.91 Å². The zero-order chi connectivity index (χ0) is 17.7. The molecule has 25 heavy (non-hydrogen) atoms. The van der Waals surface area contributed by atoms with E-state index in [-0.39, 0.29) is 11.2 Å². The Hall–Kier alpha value is -2.24. The van der Waals surface area contributed by atoms with Gasteiger partial charge < -0.3 is 15.8 Å². The number of carbonyl (C=O) groups is 1. The van der Waals surface area contributed by atoms with E-state index in [4.69, 9.17) is 10.5 Å². The lowest BCUT2D eigenvalue weighted by Gasteiger charge is -2.39. The van der Waals surface area contributed by atoms with E-state index in [1.54, 1.807) is 0 Å². The SMILES string of the molecule is NC(=O)[C@@H](NCC1(c2ccc(F)cc2)CCOCC1)c1ccccc1. The van der Waals surface area contributed by atoms with Crippen LogP contribution in [0.5, 0.6) is 0 Å². The van der Waals surface area contributed by atoms with Gasteiger partial charge in [-0.3, -0.25) is 4.79 Å². The van der Waals surface area contributed by atoms with Crippen molar-refractivity contribution in [1.82, 2.24) is 5.32 Å². The molecule has 2 aromatic carbocycles. The van der Waals surface area contributed by atoms with Crippen LogP contribution in [0.4, 0.5) is 4.39 Å². The Bertz CT molecular complexity index is 697. The molecular weight excluding hydrogens is 319 g/mol. The maximum atomic E-state index is 13.3. The van der Waals surface area contributed by atoms with Crippen molar-refractivity contribution in [1.29, 1.82) is 0 Å². The van der Waals surface area contributed by atoms with Crippen molar-refractivity contribution in [2.45, 2.75) is 24.3 Å². The van der Waals surface area contributed by atoms with Crippen molar-refractivity contribution in [3.05, 3.63) is 71.5 Å². The number of rotatable bonds is 6. The van der Waals surface area contributed by atoms with Gasteiger partial charge in [0.25, 0.3) is 0 Å². The molecule has 0 bridgehead atoms. The maximum Gasteiger partial charge on any atom is 0.239 e. The van der Waals surface area contributed by atoms with Gasteiger partial charge in [0.1, 0.15) is 11.9 Å². The maximum absolute atomic E-state index is 13.3. The summed E-state index contributed by atoms with van der Waals surface area (Å²) >= 11 is 0. The highest BCUT2D eigenvalue weighted by molar-refractivity contribution is 5.81. The van der Waals surface area contributed by atoms with Crippen LogP contribution in [0.2, 0.25) is 0 Å². The van der Waals surface area contributed by atoms with Crippen LogP contribution in [0.1, 0.15) is 30.0 Å². The summed E-state index contributed by atoms with van der Waals surface area (Å²) in [6.45, 7) is 1.86. The van der Waals surface area contributed by atoms with Crippen molar-refractivity contribution < 1.29 is 13.9 Å². The topological polar surface area (TPSA) is 64.4 Å². The summed E-state index contributed by atoms with van der Waals surface area (Å²) in [5.74, 6) is -0.661. The van der Waals surface area contributed by atoms with Gasteiger partial charge in [0.2, 0.25) is 5.91 Å². The van der Waals surface area contributed by atoms with Crippen molar-refractivity contribution in [3.8, 4) is 0 Å². The molecule has 0 saturated carbocycles. The average molecular weight is 342 g/mol. The van der Waals surface area contributed by atoms with Crippen LogP contribution in [0, 0.1) is 5.82 Å². The fourth-order valence-corrected chi connectivity index (χ4v) is 3.46. The molecule has 1 atom stereocenters. The Kier molecular flexibility index (Phi) is 5.46. The van der Waals surface area contributed by atoms with Crippen LogP contribution in [0.15, 0.2) is 54.6 Å². The van der Waals surface area contributed by atoms with E-state index < -0.39 is 11.9 Å². The van der Waals surface area contributed by atoms with E-state index in [9.17, 15) is 9.18 Å². The lowest BCUT2D eigenvalue weighted by molar-refractivity contribution is -0.120. The zero-order valence-electron chi connectivity index (χ0n) is 14.1. The predicted molar refractivity (Wildman–Crippen MR) is 94.5 cm³/mol. The minimum absolute atomic E-state index is 0.200. The molecule has 1 amide bonds. The van der Waals surface area contributed by atoms with Gasteiger partial charge in [-0.1, -0.05) is 42.5 Å². The fraction of sp³-hybridized carbons (Fsp3) is 0.350. The van der Waals surface area contributed by atoms with Crippen LogP contribution < -0.4 is 11.1 Å². The molecule has 0 aliphatic carbocycles. The highest BCUT2D eigenvalue weighted by Crippen LogP contribution is 2.35. The van der Waals surface area contributed by atoms with Gasteiger partial charge in [0.15, 0.2) is 0 Å². The summed E-state index contributed by atoms with van der Waals surface area (Å²) in [6.07, 6.45) is 1.62. The minimum Gasteiger partial charge on any atom is -0.381 e. The number of hydrogen-bond acceptors (Lipinski definition) is 3. The first-order chi connectivity index (χ1) is 12.1. The number of ether oxygens (including phenoxy) is 1. The van der Waals surface area contributed by atoms with E-state index in [1.165, 1.54) is 12.1 Å². The Morgan fingerprint density at radius 2 is 1.76 bits per heavy atom. The van der Waals surface area contributed by atoms with Crippen molar-refractivity contribution in [3.63, 3.8) is 0 Å². The Balaban J connectivity index is 1.82. The van der Waals surface area contributed by atoms with E-state index >= 15 is 0 Å². The van der Waals surface area contributed by atoms with Gasteiger partial charge in [-0.15, -0.1) is 0 Å². The lowest BCUT2D eigenvalue weighted by Crippen LogP contribution is -2.46. The molecule has 3 rings (SSSR count). The Labute approximate surface area is 147 Å². The molecule has 1 aliphatic heterocycles. The van der Waals surface area contributed by atoms with Gasteiger partial charge in [-0.05, 0) is 36.1 Å². The third-order valence-corrected chi connectivity index (χ3v) is 4.97. The smallest absolute Gasteiger partial charge is 0.239 e. The molecule has 132 valence electrons. The number of amides is 1. The first kappa shape index (κ1) is 17.6. The number of nitrogens with one attached hydrogen (secondary N) is 1. The highest BCUT2D eigenvalue weighted by Gasteiger charge is 2.35. The molecule has 4 nitrogen and oxygen atoms in total. The van der Waals surface area contributed by atoms with Crippen LogP contribution in [-0.4, -0.2) is 25.7 Å². The highest BCUT2D eigenvalue weighted by atomic mass is 19.1. The average Bonchev–Trinajstić information content (AvgIpc) is 2.64. The first-order valence-corrected chi connectivity index (χ1v) is 8.52. The van der Waals surface area contributed by atoms with Crippen LogP contribution in [0.25, 0.3) is 0 Å². The molecule has 1 saturated heterocycles. The summed E-state index contributed by atoms with van der Waals surface area (Å²) in [7, 11) is 0. The van der Waals surface area contributed by atoms with Crippen LogP contribution in [0.3, 0.4) is 0 Å². The number of nitrogens with two attached hydrogens (primary N) is 1. The third-order valence-electron chi connectivity index (χ3n) is 4.97. The van der Waals surface area contributed by atoms with Crippen LogP contribution in [-0.2, 0) is 14.9 Å². The normalized spacial score (nSPS) is 17.8. The second kappa shape index (κ2) is 7.76. The second-order valence-electron chi connectivity index (χ2n) is 6.53. The largest absolute Gasteiger partial charge is 0.381 e. The summed E-state index contributed by atoms with van der Waals surface area (Å²) in [5, 5.41) is 3.34. The molecule has 1 heterocycles. The summed E-state index contributed by atoms with van der Waals surface area (Å²) in [6, 6.07) is 15.5. The van der Waals surface area contributed by atoms with E-state index in [0.29, 0.717) is 19.8 Å². The quantitative estimate of drug-likeness (QED) is 0.848. The van der Waals surface area contributed by atoms with Gasteiger partial charge >= 0.3 is 0 Å². The Morgan fingerprint density at radius 3 is 2.36 bits per heavy atom. The molecule has 2 aromatic rings. The molecule has 0 spiro atoms. The molecule has 3 N–H and O–H groups in total. The number of halogens is 1. The standard InChI is InChI=1S/C20H23FN2O2/c21-17-8-6-16(7-9-17)20(10-12-25-13-11-20)14-23-18(19(22)24)15-4-2-1-3-5-15/h1-9,18,23H,10-14H2,(H2,22,24)/t18-/m0/s1. The fourth-order valence-electron chi connectivity index (χ4n) is 3.46. The van der Waals surface area contributed by atoms with E-state index in [1.807, 2.05) is 42.5 Å². The number of primary amides is 1. The summed E-state index contributed by atoms with van der Waals surface area (Å²) in [5.41, 5.74) is 7.31. The molecular formula is C20H23FN2O2. The Morgan fingerprint density at radius 1 is 1.12 bits per heavy atom. The number of hydrogen-bond donors (Lipinski definition) is 2. The zero-order valence-corrected chi connectivity index (χ0v) is 14.1. The minimum atomic E-state index is -0.554. The van der Waals surface area contributed by atoms with Crippen LogP contribution >= 0.6 is 0 Å². The summed E-state index contributed by atoms with van der Waals surface area (Å²) in [4.78, 5) is 11.9. The van der Waals surface area contributed by atoms with Gasteiger partial charge in [-0.2, -0.15) is 0 Å². The first-order valence-electron chi connectivity index (χ1n) is 8.52. The van der Waals surface area contributed by atoms with Gasteiger partial charge in [-0.25, -0.2) is 4.39 Å². The van der Waals surface area contributed by atoms with Gasteiger partial charge in [0, 0.05) is 25.2 Å². The molecule has 5 heteroatoms. The molecule has 1 fully saturated rings. The van der Waals surface area contributed by atoms with Gasteiger partial charge in [0.05, 0.1) is 0 Å². The monoisotopic (exact) mass is 342 g/mol. The number of carbonyl (C=O) groups excluding carboxylic acids is 1. The number of benzene rings is 2. The second-order valence-corrected chi connectivity index (χ2v) is 6.53. The van der Waals surface area contributed by atoms with E-state index in [2.05, 4.69) is 5.32 Å². The van der Waals surface area contributed by atoms with Crippen molar-refractivity contribution in [2.24, 2.45) is 5.73 Å². The summed E-state index contributed by atoms with van der Waals surface area (Å²) < 4.78 is 18.8. The molecule has 1 aliphatic rings. The predicted octanol–water partition coefficient (Wildman–Crippen LogP) is 2.69. The lowest BCUT2D eigenvalue weighted by atomic mass is 9.74. The molecule has 0 radical (unpaired) electrons. The molecule has 0 unspecified atom stereocenters.